The summed E-state index contributed by atoms with van der Waals surface area (Å²) in [6.07, 6.45) is 2.88. The second-order valence-corrected chi connectivity index (χ2v) is 4.41. The molecule has 1 unspecified atom stereocenters. The Morgan fingerprint density at radius 2 is 2.06 bits per heavy atom. The fourth-order valence-corrected chi connectivity index (χ4v) is 1.40. The molecule has 0 aliphatic carbocycles. The topological polar surface area (TPSA) is 42.0 Å². The third kappa shape index (κ3) is 3.33. The molecular formula is C13H20N2O. The van der Waals surface area contributed by atoms with Crippen LogP contribution in [0.5, 0.6) is 0 Å². The largest absolute Gasteiger partial charge is 0.349 e. The van der Waals surface area contributed by atoms with E-state index in [1.807, 2.05) is 19.9 Å². The second-order valence-electron chi connectivity index (χ2n) is 4.41. The Labute approximate surface area is 97.3 Å². The summed E-state index contributed by atoms with van der Waals surface area (Å²) in [6, 6.07) is 3.92. The van der Waals surface area contributed by atoms with E-state index in [1.54, 1.807) is 12.3 Å². The Morgan fingerprint density at radius 1 is 1.38 bits per heavy atom. The van der Waals surface area contributed by atoms with Crippen molar-refractivity contribution in [1.82, 2.24) is 10.3 Å². The third-order valence-corrected chi connectivity index (χ3v) is 2.62. The number of amides is 1. The highest BCUT2D eigenvalue weighted by atomic mass is 16.1. The Kier molecular flexibility index (Phi) is 4.47. The summed E-state index contributed by atoms with van der Waals surface area (Å²) in [5, 5.41) is 2.82. The van der Waals surface area contributed by atoms with Crippen molar-refractivity contribution >= 4 is 5.91 Å². The fraction of sp³-hybridized carbons (Fsp3) is 0.538. The van der Waals surface area contributed by atoms with E-state index in [4.69, 9.17) is 0 Å². The van der Waals surface area contributed by atoms with E-state index in [2.05, 4.69) is 24.1 Å². The molecule has 1 N–H and O–H groups in total. The minimum absolute atomic E-state index is 0.106. The Bertz CT molecular complexity index is 343. The zero-order chi connectivity index (χ0) is 12.1. The summed E-state index contributed by atoms with van der Waals surface area (Å²) in [5.74, 6) is 0.389. The molecule has 0 aromatic carbocycles. The predicted octanol–water partition coefficient (Wildman–Crippen LogP) is 2.73. The molecule has 3 nitrogen and oxygen atoms in total. The minimum atomic E-state index is -0.106. The molecule has 0 saturated carbocycles. The maximum Gasteiger partial charge on any atom is 0.270 e. The van der Waals surface area contributed by atoms with Crippen molar-refractivity contribution in [2.24, 2.45) is 0 Å². The van der Waals surface area contributed by atoms with Crippen molar-refractivity contribution in [1.29, 1.82) is 0 Å². The van der Waals surface area contributed by atoms with Crippen molar-refractivity contribution in [3.05, 3.63) is 29.6 Å². The average molecular weight is 220 g/mol. The van der Waals surface area contributed by atoms with E-state index in [0.717, 1.165) is 6.42 Å². The van der Waals surface area contributed by atoms with Gasteiger partial charge >= 0.3 is 0 Å². The van der Waals surface area contributed by atoms with Crippen molar-refractivity contribution in [3.63, 3.8) is 0 Å². The van der Waals surface area contributed by atoms with Gasteiger partial charge in [-0.15, -0.1) is 0 Å². The molecule has 1 amide bonds. The lowest BCUT2D eigenvalue weighted by Gasteiger charge is -2.10. The van der Waals surface area contributed by atoms with Gasteiger partial charge in [-0.1, -0.05) is 19.9 Å². The highest BCUT2D eigenvalue weighted by Gasteiger charge is 2.09. The van der Waals surface area contributed by atoms with Gasteiger partial charge in [0.05, 0.1) is 0 Å². The molecule has 0 spiro atoms. The van der Waals surface area contributed by atoms with Crippen LogP contribution in [0.4, 0.5) is 0 Å². The third-order valence-electron chi connectivity index (χ3n) is 2.62. The maximum absolute atomic E-state index is 11.6. The van der Waals surface area contributed by atoms with Gasteiger partial charge in [0.15, 0.2) is 0 Å². The van der Waals surface area contributed by atoms with Gasteiger partial charge in [0, 0.05) is 12.2 Å². The van der Waals surface area contributed by atoms with Crippen LogP contribution in [0.1, 0.15) is 56.1 Å². The molecule has 1 aromatic heterocycles. The maximum atomic E-state index is 11.6. The van der Waals surface area contributed by atoms with Crippen LogP contribution >= 0.6 is 0 Å². The molecule has 0 saturated heterocycles. The van der Waals surface area contributed by atoms with Gasteiger partial charge in [-0.05, 0) is 37.8 Å². The average Bonchev–Trinajstić information content (AvgIpc) is 2.27. The summed E-state index contributed by atoms with van der Waals surface area (Å²) >= 11 is 0. The number of carbonyl (C=O) groups excluding carboxylic acids is 1. The summed E-state index contributed by atoms with van der Waals surface area (Å²) in [4.78, 5) is 15.8. The van der Waals surface area contributed by atoms with Gasteiger partial charge in [-0.25, -0.2) is 0 Å². The summed E-state index contributed by atoms with van der Waals surface area (Å²) in [6.45, 7) is 8.17. The van der Waals surface area contributed by atoms with Crippen LogP contribution in [0, 0.1) is 0 Å². The van der Waals surface area contributed by atoms with E-state index >= 15 is 0 Å². The molecule has 0 fully saturated rings. The standard InChI is InChI=1S/C13H20N2O/c1-5-10(4)11-6-7-12(14-8-11)13(16)15-9(2)3/h6-10H,5H2,1-4H3,(H,15,16). The lowest BCUT2D eigenvalue weighted by molar-refractivity contribution is 0.0938. The number of aromatic nitrogens is 1. The number of hydrogen-bond donors (Lipinski definition) is 1. The fourth-order valence-electron chi connectivity index (χ4n) is 1.40. The van der Waals surface area contributed by atoms with Gasteiger partial charge < -0.3 is 5.32 Å². The van der Waals surface area contributed by atoms with Gasteiger partial charge in [0.1, 0.15) is 5.69 Å². The van der Waals surface area contributed by atoms with Crippen LogP contribution < -0.4 is 5.32 Å². The molecule has 1 rings (SSSR count). The first kappa shape index (κ1) is 12.7. The summed E-state index contributed by atoms with van der Waals surface area (Å²) in [7, 11) is 0. The smallest absolute Gasteiger partial charge is 0.270 e. The van der Waals surface area contributed by atoms with Crippen molar-refractivity contribution in [2.45, 2.75) is 46.1 Å². The number of nitrogens with zero attached hydrogens (tertiary/aromatic N) is 1. The van der Waals surface area contributed by atoms with Crippen LogP contribution in [0.25, 0.3) is 0 Å². The lowest BCUT2D eigenvalue weighted by atomic mass is 10.0. The van der Waals surface area contributed by atoms with Crippen LogP contribution in [-0.4, -0.2) is 16.9 Å². The Balaban J connectivity index is 2.74. The minimum Gasteiger partial charge on any atom is -0.349 e. The Morgan fingerprint density at radius 3 is 2.50 bits per heavy atom. The van der Waals surface area contributed by atoms with Gasteiger partial charge in [0.2, 0.25) is 0 Å². The quantitative estimate of drug-likeness (QED) is 0.847. The molecule has 16 heavy (non-hydrogen) atoms. The molecule has 3 heteroatoms. The van der Waals surface area contributed by atoms with Gasteiger partial charge in [-0.3, -0.25) is 9.78 Å². The molecule has 88 valence electrons. The molecule has 0 aliphatic heterocycles. The van der Waals surface area contributed by atoms with Crippen LogP contribution in [-0.2, 0) is 0 Å². The zero-order valence-corrected chi connectivity index (χ0v) is 10.4. The second kappa shape index (κ2) is 5.64. The summed E-state index contributed by atoms with van der Waals surface area (Å²) in [5.41, 5.74) is 1.67. The van der Waals surface area contributed by atoms with E-state index in [1.165, 1.54) is 5.56 Å². The van der Waals surface area contributed by atoms with Crippen molar-refractivity contribution < 1.29 is 4.79 Å². The molecule has 1 aromatic rings. The highest BCUT2D eigenvalue weighted by Crippen LogP contribution is 2.17. The van der Waals surface area contributed by atoms with Crippen LogP contribution in [0.15, 0.2) is 18.3 Å². The highest BCUT2D eigenvalue weighted by molar-refractivity contribution is 5.92. The number of nitrogens with one attached hydrogen (secondary N) is 1. The SMILES string of the molecule is CCC(C)c1ccc(C(=O)NC(C)C)nc1. The number of hydrogen-bond acceptors (Lipinski definition) is 2. The number of rotatable bonds is 4. The van der Waals surface area contributed by atoms with Gasteiger partial charge in [-0.2, -0.15) is 0 Å². The molecular weight excluding hydrogens is 200 g/mol. The van der Waals surface area contributed by atoms with E-state index in [9.17, 15) is 4.79 Å². The predicted molar refractivity (Wildman–Crippen MR) is 65.5 cm³/mol. The first-order valence-electron chi connectivity index (χ1n) is 5.81. The van der Waals surface area contributed by atoms with Crippen LogP contribution in [0.3, 0.4) is 0 Å². The lowest BCUT2D eigenvalue weighted by Crippen LogP contribution is -2.30. The Hall–Kier alpha value is -1.38. The molecule has 0 bridgehead atoms. The number of pyridine rings is 1. The summed E-state index contributed by atoms with van der Waals surface area (Å²) < 4.78 is 0. The molecule has 1 atom stereocenters. The normalized spacial score (nSPS) is 12.6. The first-order valence-corrected chi connectivity index (χ1v) is 5.81. The zero-order valence-electron chi connectivity index (χ0n) is 10.4. The van der Waals surface area contributed by atoms with Crippen molar-refractivity contribution in [3.8, 4) is 0 Å². The van der Waals surface area contributed by atoms with Gasteiger partial charge in [0.25, 0.3) is 5.91 Å². The van der Waals surface area contributed by atoms with E-state index in [0.29, 0.717) is 11.6 Å². The first-order chi connectivity index (χ1) is 7.54. The van der Waals surface area contributed by atoms with Crippen molar-refractivity contribution in [2.75, 3.05) is 0 Å². The number of carbonyl (C=O) groups is 1. The van der Waals surface area contributed by atoms with E-state index < -0.39 is 0 Å². The van der Waals surface area contributed by atoms with E-state index in [-0.39, 0.29) is 11.9 Å². The molecule has 0 radical (unpaired) electrons. The van der Waals surface area contributed by atoms with Crippen LogP contribution in [0.2, 0.25) is 0 Å². The molecule has 0 aliphatic rings. The molecule has 1 heterocycles. The monoisotopic (exact) mass is 220 g/mol.